The van der Waals surface area contributed by atoms with Crippen LogP contribution in [-0.4, -0.2) is 4.57 Å². The van der Waals surface area contributed by atoms with Crippen LogP contribution in [0.3, 0.4) is 0 Å². The van der Waals surface area contributed by atoms with Crippen LogP contribution in [0.5, 0.6) is 5.75 Å². The van der Waals surface area contributed by atoms with Crippen LogP contribution in [0.2, 0.25) is 0 Å². The molecule has 0 amide bonds. The van der Waals surface area contributed by atoms with Crippen LogP contribution in [0.15, 0.2) is 54.7 Å². The van der Waals surface area contributed by atoms with Crippen LogP contribution in [-0.2, 0) is 13.7 Å². The zero-order chi connectivity index (χ0) is 13.2. The third-order valence-electron chi connectivity index (χ3n) is 3.17. The van der Waals surface area contributed by atoms with Gasteiger partial charge in [0.15, 0.2) is 0 Å². The van der Waals surface area contributed by atoms with Crippen molar-refractivity contribution in [3.05, 3.63) is 66.1 Å². The summed E-state index contributed by atoms with van der Waals surface area (Å²) in [5.41, 5.74) is 1.99. The number of ether oxygens (including phenoxy) is 1. The minimum atomic E-state index is -0.223. The average molecular weight is 255 g/mol. The molecule has 3 aromatic rings. The second-order valence-electron chi connectivity index (χ2n) is 4.53. The summed E-state index contributed by atoms with van der Waals surface area (Å²) >= 11 is 0. The van der Waals surface area contributed by atoms with Gasteiger partial charge in [0.05, 0.1) is 0 Å². The molecule has 0 radical (unpaired) electrons. The summed E-state index contributed by atoms with van der Waals surface area (Å²) in [6.45, 7) is 0.435. The summed E-state index contributed by atoms with van der Waals surface area (Å²) in [7, 11) is 1.95. The minimum Gasteiger partial charge on any atom is -0.489 e. The summed E-state index contributed by atoms with van der Waals surface area (Å²) in [4.78, 5) is 0. The fraction of sp³-hybridized carbons (Fsp3) is 0.125. The summed E-state index contributed by atoms with van der Waals surface area (Å²) < 4.78 is 21.0. The molecule has 3 heteroatoms. The summed E-state index contributed by atoms with van der Waals surface area (Å²) in [5, 5.41) is 0.901. The molecular weight excluding hydrogens is 241 g/mol. The first-order valence-electron chi connectivity index (χ1n) is 6.15. The number of para-hydroxylation sites is 1. The molecule has 0 fully saturated rings. The second kappa shape index (κ2) is 4.76. The number of hydrogen-bond acceptors (Lipinski definition) is 1. The highest BCUT2D eigenvalue weighted by Crippen LogP contribution is 2.23. The zero-order valence-electron chi connectivity index (χ0n) is 10.6. The molecule has 1 heterocycles. The number of benzene rings is 2. The van der Waals surface area contributed by atoms with E-state index in [-0.39, 0.29) is 5.82 Å². The molecular formula is C16H14FNO. The molecule has 0 saturated carbocycles. The maximum atomic E-state index is 13.3. The monoisotopic (exact) mass is 255 g/mol. The average Bonchev–Trinajstić information content (AvgIpc) is 2.74. The van der Waals surface area contributed by atoms with E-state index in [2.05, 4.69) is 0 Å². The zero-order valence-corrected chi connectivity index (χ0v) is 10.6. The summed E-state index contributed by atoms with van der Waals surface area (Å²) in [6.07, 6.45) is 1.98. The largest absolute Gasteiger partial charge is 0.489 e. The van der Waals surface area contributed by atoms with Crippen molar-refractivity contribution in [3.63, 3.8) is 0 Å². The Balaban J connectivity index is 1.91. The van der Waals surface area contributed by atoms with Gasteiger partial charge in [0.1, 0.15) is 18.2 Å². The molecule has 0 N–H and O–H groups in total. The molecule has 3 rings (SSSR count). The van der Waals surface area contributed by atoms with Crippen molar-refractivity contribution >= 4 is 10.9 Å². The van der Waals surface area contributed by atoms with Crippen molar-refractivity contribution in [2.75, 3.05) is 0 Å². The lowest BCUT2D eigenvalue weighted by Crippen LogP contribution is -1.94. The number of rotatable bonds is 3. The number of halogens is 1. The van der Waals surface area contributed by atoms with Crippen LogP contribution in [0.1, 0.15) is 5.56 Å². The van der Waals surface area contributed by atoms with Crippen LogP contribution in [0.4, 0.5) is 4.39 Å². The van der Waals surface area contributed by atoms with Gasteiger partial charge >= 0.3 is 0 Å². The second-order valence-corrected chi connectivity index (χ2v) is 4.53. The van der Waals surface area contributed by atoms with Crippen molar-refractivity contribution in [3.8, 4) is 5.75 Å². The molecule has 2 nitrogen and oxygen atoms in total. The molecule has 0 saturated heterocycles. The molecule has 19 heavy (non-hydrogen) atoms. The van der Waals surface area contributed by atoms with Gasteiger partial charge in [-0.1, -0.05) is 18.2 Å². The van der Waals surface area contributed by atoms with E-state index >= 15 is 0 Å². The van der Waals surface area contributed by atoms with Crippen LogP contribution in [0.25, 0.3) is 10.9 Å². The van der Waals surface area contributed by atoms with E-state index in [0.717, 1.165) is 22.2 Å². The van der Waals surface area contributed by atoms with Crippen molar-refractivity contribution < 1.29 is 9.13 Å². The smallest absolute Gasteiger partial charge is 0.123 e. The van der Waals surface area contributed by atoms with Gasteiger partial charge in [-0.15, -0.1) is 0 Å². The van der Waals surface area contributed by atoms with Crippen LogP contribution in [0, 0.1) is 5.82 Å². The van der Waals surface area contributed by atoms with Crippen LogP contribution >= 0.6 is 0 Å². The van der Waals surface area contributed by atoms with Gasteiger partial charge in [0, 0.05) is 29.7 Å². The molecule has 0 spiro atoms. The van der Waals surface area contributed by atoms with Gasteiger partial charge in [-0.25, -0.2) is 4.39 Å². The van der Waals surface area contributed by atoms with E-state index < -0.39 is 0 Å². The van der Waals surface area contributed by atoms with E-state index in [1.54, 1.807) is 12.1 Å². The Bertz CT molecular complexity index is 703. The van der Waals surface area contributed by atoms with Gasteiger partial charge < -0.3 is 9.30 Å². The number of nitrogens with zero attached hydrogens (tertiary/aromatic N) is 1. The summed E-state index contributed by atoms with van der Waals surface area (Å²) in [5.74, 6) is 0.593. The minimum absolute atomic E-state index is 0.223. The lowest BCUT2D eigenvalue weighted by Gasteiger charge is -2.04. The number of aromatic nitrogens is 1. The Morgan fingerprint density at radius 1 is 1.11 bits per heavy atom. The van der Waals surface area contributed by atoms with Gasteiger partial charge in [0.25, 0.3) is 0 Å². The third-order valence-corrected chi connectivity index (χ3v) is 3.17. The number of fused-ring (bicyclic) bond motifs is 1. The standard InChI is InChI=1S/C16H14FNO/c1-18-10-12(11-19-14-5-3-2-4-6-14)15-9-13(17)7-8-16(15)18/h2-10H,11H2,1H3. The first-order valence-corrected chi connectivity index (χ1v) is 6.15. The topological polar surface area (TPSA) is 14.2 Å². The fourth-order valence-corrected chi connectivity index (χ4v) is 2.24. The van der Waals surface area contributed by atoms with E-state index in [1.807, 2.05) is 48.1 Å². The Kier molecular flexibility index (Phi) is 2.95. The molecule has 0 bridgehead atoms. The predicted octanol–water partition coefficient (Wildman–Crippen LogP) is 3.90. The van der Waals surface area contributed by atoms with E-state index in [4.69, 9.17) is 4.74 Å². The van der Waals surface area contributed by atoms with Gasteiger partial charge in [-0.05, 0) is 30.3 Å². The molecule has 0 aliphatic heterocycles. The van der Waals surface area contributed by atoms with Crippen molar-refractivity contribution in [2.24, 2.45) is 7.05 Å². The molecule has 0 unspecified atom stereocenters. The normalized spacial score (nSPS) is 10.8. The predicted molar refractivity (Wildman–Crippen MR) is 73.7 cm³/mol. The SMILES string of the molecule is Cn1cc(COc2ccccc2)c2cc(F)ccc21. The van der Waals surface area contributed by atoms with Crippen molar-refractivity contribution in [2.45, 2.75) is 6.61 Å². The fourth-order valence-electron chi connectivity index (χ4n) is 2.24. The quantitative estimate of drug-likeness (QED) is 0.692. The maximum absolute atomic E-state index is 13.3. The molecule has 0 aliphatic rings. The van der Waals surface area contributed by atoms with Crippen molar-refractivity contribution in [1.29, 1.82) is 0 Å². The summed E-state index contributed by atoms with van der Waals surface area (Å²) in [6, 6.07) is 14.4. The van der Waals surface area contributed by atoms with E-state index in [1.165, 1.54) is 6.07 Å². The molecule has 2 aromatic carbocycles. The Hall–Kier alpha value is -2.29. The highest BCUT2D eigenvalue weighted by Gasteiger charge is 2.08. The first-order chi connectivity index (χ1) is 9.24. The van der Waals surface area contributed by atoms with Gasteiger partial charge in [-0.3, -0.25) is 0 Å². The first kappa shape index (κ1) is 11.8. The Morgan fingerprint density at radius 2 is 1.89 bits per heavy atom. The lowest BCUT2D eigenvalue weighted by atomic mass is 10.2. The highest BCUT2D eigenvalue weighted by atomic mass is 19.1. The number of hydrogen-bond donors (Lipinski definition) is 0. The molecule has 96 valence electrons. The Morgan fingerprint density at radius 3 is 2.68 bits per heavy atom. The maximum Gasteiger partial charge on any atom is 0.123 e. The number of aryl methyl sites for hydroxylation is 1. The van der Waals surface area contributed by atoms with Crippen LogP contribution < -0.4 is 4.74 Å². The molecule has 0 aliphatic carbocycles. The lowest BCUT2D eigenvalue weighted by molar-refractivity contribution is 0.307. The Labute approximate surface area is 111 Å². The van der Waals surface area contributed by atoms with Crippen molar-refractivity contribution in [1.82, 2.24) is 4.57 Å². The van der Waals surface area contributed by atoms with E-state index in [0.29, 0.717) is 6.61 Å². The highest BCUT2D eigenvalue weighted by molar-refractivity contribution is 5.83. The van der Waals surface area contributed by atoms with E-state index in [9.17, 15) is 4.39 Å². The van der Waals surface area contributed by atoms with Gasteiger partial charge in [-0.2, -0.15) is 0 Å². The molecule has 1 aromatic heterocycles. The molecule has 0 atom stereocenters. The third kappa shape index (κ3) is 2.32. The van der Waals surface area contributed by atoms with Gasteiger partial charge in [0.2, 0.25) is 0 Å².